The molecule has 0 spiro atoms. The molecule has 0 bridgehead atoms. The molecule has 0 radical (unpaired) electrons. The van der Waals surface area contributed by atoms with Gasteiger partial charge < -0.3 is 35.1 Å². The summed E-state index contributed by atoms with van der Waals surface area (Å²) >= 11 is 0. The highest BCUT2D eigenvalue weighted by Crippen LogP contribution is 2.46. The van der Waals surface area contributed by atoms with E-state index in [0.717, 1.165) is 24.8 Å². The smallest absolute Gasteiger partial charge is 0.387 e. The minimum atomic E-state index is -4.67. The maximum Gasteiger partial charge on any atom is 0.472 e. The first-order chi connectivity index (χ1) is 26.6. The largest absolute Gasteiger partial charge is 0.472 e. The number of aliphatic hydroxyl groups excluding tert-OH is 2. The van der Waals surface area contributed by atoms with Crippen molar-refractivity contribution in [3.8, 4) is 6.07 Å². The van der Waals surface area contributed by atoms with Gasteiger partial charge in [0.2, 0.25) is 0 Å². The summed E-state index contributed by atoms with van der Waals surface area (Å²) in [7, 11) is -4.67. The van der Waals surface area contributed by atoms with Crippen LogP contribution in [-0.4, -0.2) is 80.5 Å². The molecule has 1 saturated heterocycles. The Morgan fingerprint density at radius 3 is 2.27 bits per heavy atom. The Bertz CT molecular complexity index is 1650. The van der Waals surface area contributed by atoms with E-state index in [2.05, 4.69) is 23.1 Å². The monoisotopic (exact) mass is 787 g/mol. The molecule has 0 saturated carbocycles. The number of phosphoric acid groups is 1. The number of hydrogen-bond acceptors (Lipinski definition) is 12. The molecule has 3 heterocycles. The third kappa shape index (κ3) is 14.2. The van der Waals surface area contributed by atoms with Crippen LogP contribution in [0.3, 0.4) is 0 Å². The van der Waals surface area contributed by atoms with Crippen LogP contribution in [0.1, 0.15) is 127 Å². The molecule has 6 atom stereocenters. The number of phosphoric ester groups is 1. The number of unbranched alkanes of at least 4 members (excludes halogenated alkanes) is 14. The van der Waals surface area contributed by atoms with Crippen LogP contribution < -0.4 is 5.73 Å². The van der Waals surface area contributed by atoms with E-state index >= 15 is 0 Å². The van der Waals surface area contributed by atoms with Crippen LogP contribution in [0, 0.1) is 11.3 Å². The van der Waals surface area contributed by atoms with Crippen LogP contribution in [0.4, 0.5) is 5.82 Å². The molecule has 2 aromatic heterocycles. The second-order valence-electron chi connectivity index (χ2n) is 14.7. The van der Waals surface area contributed by atoms with E-state index in [1.807, 2.05) is 6.07 Å². The summed E-state index contributed by atoms with van der Waals surface area (Å²) in [5.74, 6) is 0.226. The maximum absolute atomic E-state index is 13.0. The first-order valence-corrected chi connectivity index (χ1v) is 21.5. The number of benzene rings is 1. The SMILES string of the molecule is CCCCCCCCCCCCCCCCCOC[C@H](COP(=O)(O)OC[C@H]1O[C@@](C)(c2ccc3c(N)ncnn23)[C@H](O)[C@@H]1O)OCc1cccc(C#N)c1. The fraction of sp³-hybridized carbons (Fsp3) is 0.675. The molecule has 306 valence electrons. The van der Waals surface area contributed by atoms with Crippen molar-refractivity contribution in [2.45, 2.75) is 147 Å². The van der Waals surface area contributed by atoms with E-state index < -0.39 is 44.4 Å². The number of nitrogens with two attached hydrogens (primary N) is 1. The molecule has 55 heavy (non-hydrogen) atoms. The van der Waals surface area contributed by atoms with Crippen molar-refractivity contribution in [2.24, 2.45) is 0 Å². The zero-order valence-corrected chi connectivity index (χ0v) is 33.5. The molecule has 0 amide bonds. The van der Waals surface area contributed by atoms with Gasteiger partial charge in [-0.2, -0.15) is 10.4 Å². The van der Waals surface area contributed by atoms with Gasteiger partial charge in [-0.25, -0.2) is 14.1 Å². The highest BCUT2D eigenvalue weighted by molar-refractivity contribution is 7.47. The van der Waals surface area contributed by atoms with Gasteiger partial charge in [-0.15, -0.1) is 0 Å². The number of nitrogen functional groups attached to an aromatic ring is 1. The number of anilines is 1. The minimum Gasteiger partial charge on any atom is -0.387 e. The van der Waals surface area contributed by atoms with Crippen LogP contribution in [0.15, 0.2) is 42.7 Å². The van der Waals surface area contributed by atoms with Crippen molar-refractivity contribution >= 4 is 19.2 Å². The van der Waals surface area contributed by atoms with Crippen LogP contribution in [0.5, 0.6) is 0 Å². The Morgan fingerprint density at radius 2 is 1.62 bits per heavy atom. The molecule has 5 N–H and O–H groups in total. The first kappa shape index (κ1) is 44.8. The number of aromatic nitrogens is 3. The molecule has 3 aromatic rings. The third-order valence-corrected chi connectivity index (χ3v) is 11.2. The van der Waals surface area contributed by atoms with E-state index in [9.17, 15) is 24.9 Å². The van der Waals surface area contributed by atoms with Gasteiger partial charge in [0.15, 0.2) is 5.82 Å². The van der Waals surface area contributed by atoms with Crippen molar-refractivity contribution < 1.29 is 42.9 Å². The second-order valence-corrected chi connectivity index (χ2v) is 16.1. The number of nitriles is 1. The molecule has 15 heteroatoms. The standard InChI is InChI=1S/C40H62N5O9P/c1-3-4-5-6-7-8-9-10-11-12-13-14-15-16-17-23-50-27-33(51-26-32-20-18-19-31(24-32)25-41)28-52-55(48,49)53-29-35-37(46)38(47)40(2,54-35)36-22-21-34-39(42)43-30-44-45(34)36/h18-22,24,30,33,35,37-38,46-47H,3-17,23,26-29H2,1-2H3,(H,48,49)(H2,42,43,44)/t33-,35-,37-,38-,40+/m1/s1. The summed E-state index contributed by atoms with van der Waals surface area (Å²) in [5.41, 5.74) is 6.64. The van der Waals surface area contributed by atoms with Crippen molar-refractivity contribution in [2.75, 3.05) is 32.2 Å². The van der Waals surface area contributed by atoms with E-state index in [0.29, 0.717) is 23.4 Å². The Balaban J connectivity index is 1.18. The van der Waals surface area contributed by atoms with Gasteiger partial charge in [-0.05, 0) is 43.2 Å². The van der Waals surface area contributed by atoms with Gasteiger partial charge in [0, 0.05) is 6.61 Å². The lowest BCUT2D eigenvalue weighted by molar-refractivity contribution is -0.0901. The topological polar surface area (TPSA) is 204 Å². The van der Waals surface area contributed by atoms with Gasteiger partial charge in [-0.3, -0.25) is 9.05 Å². The van der Waals surface area contributed by atoms with E-state index in [1.54, 1.807) is 37.3 Å². The lowest BCUT2D eigenvalue weighted by Gasteiger charge is -2.27. The third-order valence-electron chi connectivity index (χ3n) is 10.2. The molecule has 1 aliphatic rings. The summed E-state index contributed by atoms with van der Waals surface area (Å²) < 4.78 is 43.0. The van der Waals surface area contributed by atoms with Crippen LogP contribution in [-0.2, 0) is 40.0 Å². The lowest BCUT2D eigenvalue weighted by Crippen LogP contribution is -2.39. The average molecular weight is 788 g/mol. The van der Waals surface area contributed by atoms with E-state index in [-0.39, 0.29) is 25.6 Å². The molecular formula is C40H62N5O9P. The number of nitrogens with zero attached hydrogens (tertiary/aromatic N) is 4. The average Bonchev–Trinajstić information content (AvgIpc) is 3.72. The fourth-order valence-corrected chi connectivity index (χ4v) is 7.68. The normalized spacial score (nSPS) is 21.5. The van der Waals surface area contributed by atoms with Crippen molar-refractivity contribution in [1.82, 2.24) is 14.6 Å². The Morgan fingerprint density at radius 1 is 0.964 bits per heavy atom. The van der Waals surface area contributed by atoms with Gasteiger partial charge in [-0.1, -0.05) is 109 Å². The predicted octanol–water partition coefficient (Wildman–Crippen LogP) is 7.13. The van der Waals surface area contributed by atoms with Crippen LogP contribution in [0.25, 0.3) is 5.52 Å². The quantitative estimate of drug-likeness (QED) is 0.0428. The summed E-state index contributed by atoms with van der Waals surface area (Å²) in [5, 5.41) is 35.3. The van der Waals surface area contributed by atoms with Crippen LogP contribution >= 0.6 is 7.82 Å². The molecule has 1 fully saturated rings. The predicted molar refractivity (Wildman–Crippen MR) is 209 cm³/mol. The zero-order valence-electron chi connectivity index (χ0n) is 32.6. The molecular weight excluding hydrogens is 725 g/mol. The summed E-state index contributed by atoms with van der Waals surface area (Å²) in [6, 6.07) is 12.4. The zero-order chi connectivity index (χ0) is 39.5. The number of aliphatic hydroxyl groups is 2. The summed E-state index contributed by atoms with van der Waals surface area (Å²) in [6.45, 7) is 3.72. The highest BCUT2D eigenvalue weighted by Gasteiger charge is 2.54. The van der Waals surface area contributed by atoms with Crippen molar-refractivity contribution in [1.29, 1.82) is 5.26 Å². The van der Waals surface area contributed by atoms with E-state index in [1.165, 1.54) is 87.9 Å². The van der Waals surface area contributed by atoms with Gasteiger partial charge in [0.1, 0.15) is 41.9 Å². The van der Waals surface area contributed by atoms with E-state index in [4.69, 9.17) is 29.0 Å². The summed E-state index contributed by atoms with van der Waals surface area (Å²) in [4.78, 5) is 14.5. The first-order valence-electron chi connectivity index (χ1n) is 20.0. The summed E-state index contributed by atoms with van der Waals surface area (Å²) in [6.07, 6.45) is 15.6. The number of hydrogen-bond donors (Lipinski definition) is 4. The number of fused-ring (bicyclic) bond motifs is 1. The molecule has 0 aliphatic carbocycles. The highest BCUT2D eigenvalue weighted by atomic mass is 31.2. The number of ether oxygens (including phenoxy) is 3. The second kappa shape index (κ2) is 23.3. The number of rotatable bonds is 28. The molecule has 1 unspecified atom stereocenters. The maximum atomic E-state index is 13.0. The molecule has 1 aromatic carbocycles. The van der Waals surface area contributed by atoms with Crippen molar-refractivity contribution in [3.05, 3.63) is 59.5 Å². The minimum absolute atomic E-state index is 0.116. The fourth-order valence-electron chi connectivity index (χ4n) is 6.92. The van der Waals surface area contributed by atoms with Gasteiger partial charge >= 0.3 is 7.82 Å². The molecule has 4 rings (SSSR count). The molecule has 1 aliphatic heterocycles. The lowest BCUT2D eigenvalue weighted by atomic mass is 9.93. The Kier molecular flexibility index (Phi) is 19.0. The van der Waals surface area contributed by atoms with Gasteiger partial charge in [0.05, 0.1) is 43.8 Å². The molecule has 14 nitrogen and oxygen atoms in total. The van der Waals surface area contributed by atoms with Crippen molar-refractivity contribution in [3.63, 3.8) is 0 Å². The van der Waals surface area contributed by atoms with Gasteiger partial charge in [0.25, 0.3) is 0 Å². The Labute approximate surface area is 325 Å². The Hall–Kier alpha value is -2.96. The van der Waals surface area contributed by atoms with Crippen LogP contribution in [0.2, 0.25) is 0 Å².